The molecule has 110 valence electrons. The average Bonchev–Trinajstić information content (AvgIpc) is 2.44. The van der Waals surface area contributed by atoms with Crippen molar-refractivity contribution in [3.05, 3.63) is 23.8 Å². The number of rotatable bonds is 7. The summed E-state index contributed by atoms with van der Waals surface area (Å²) in [5, 5.41) is 2.84. The minimum Gasteiger partial charge on any atom is -0.493 e. The minimum atomic E-state index is -0.204. The Morgan fingerprint density at radius 2 is 2.00 bits per heavy atom. The highest BCUT2D eigenvalue weighted by Gasteiger charge is 2.12. The van der Waals surface area contributed by atoms with E-state index in [1.165, 1.54) is 7.11 Å². The Morgan fingerprint density at radius 1 is 1.30 bits per heavy atom. The lowest BCUT2D eigenvalue weighted by Crippen LogP contribution is -2.38. The fraction of sp³-hybridized carbons (Fsp3) is 0.467. The van der Waals surface area contributed by atoms with Gasteiger partial charge in [0.05, 0.1) is 7.11 Å². The van der Waals surface area contributed by atoms with E-state index in [4.69, 9.17) is 9.47 Å². The maximum atomic E-state index is 11.7. The maximum absolute atomic E-state index is 11.7. The van der Waals surface area contributed by atoms with Crippen LogP contribution in [0.1, 0.15) is 31.1 Å². The van der Waals surface area contributed by atoms with Crippen LogP contribution >= 0.6 is 0 Å². The van der Waals surface area contributed by atoms with E-state index in [0.29, 0.717) is 29.3 Å². The number of amides is 1. The Hall–Kier alpha value is -2.04. The molecular weight excluding hydrogens is 258 g/mol. The molecule has 1 aromatic rings. The second kappa shape index (κ2) is 7.53. The monoisotopic (exact) mass is 279 g/mol. The van der Waals surface area contributed by atoms with Gasteiger partial charge in [-0.05, 0) is 31.0 Å². The molecule has 0 spiro atoms. The molecule has 1 aromatic carbocycles. The molecule has 0 saturated heterocycles. The molecular formula is C15H21NO4. The third-order valence-electron chi connectivity index (χ3n) is 3.07. The van der Waals surface area contributed by atoms with Crippen LogP contribution in [0.5, 0.6) is 11.5 Å². The number of hydrogen-bond acceptors (Lipinski definition) is 4. The molecule has 0 saturated carbocycles. The van der Waals surface area contributed by atoms with Crippen LogP contribution in [0.4, 0.5) is 0 Å². The van der Waals surface area contributed by atoms with Gasteiger partial charge in [0, 0.05) is 11.6 Å². The lowest BCUT2D eigenvalue weighted by atomic mass is 10.1. The fourth-order valence-corrected chi connectivity index (χ4v) is 1.48. The summed E-state index contributed by atoms with van der Waals surface area (Å²) < 4.78 is 10.5. The second-order valence-electron chi connectivity index (χ2n) is 4.92. The first kappa shape index (κ1) is 16.0. The van der Waals surface area contributed by atoms with Crippen molar-refractivity contribution < 1.29 is 19.1 Å². The largest absolute Gasteiger partial charge is 0.493 e. The molecule has 5 nitrogen and oxygen atoms in total. The van der Waals surface area contributed by atoms with Gasteiger partial charge in [0.25, 0.3) is 5.91 Å². The van der Waals surface area contributed by atoms with Gasteiger partial charge in [-0.3, -0.25) is 9.59 Å². The van der Waals surface area contributed by atoms with E-state index in [9.17, 15) is 9.59 Å². The van der Waals surface area contributed by atoms with Crippen LogP contribution in [-0.4, -0.2) is 32.0 Å². The van der Waals surface area contributed by atoms with Crippen LogP contribution in [0.15, 0.2) is 18.2 Å². The zero-order valence-electron chi connectivity index (χ0n) is 12.3. The zero-order valence-corrected chi connectivity index (χ0v) is 12.3. The Labute approximate surface area is 119 Å². The third-order valence-corrected chi connectivity index (χ3v) is 3.07. The molecule has 0 radical (unpaired) electrons. The summed E-state index contributed by atoms with van der Waals surface area (Å²) in [6, 6.07) is 4.88. The number of aldehydes is 1. The third kappa shape index (κ3) is 4.57. The fourth-order valence-electron chi connectivity index (χ4n) is 1.48. The molecule has 0 aromatic heterocycles. The van der Waals surface area contributed by atoms with Gasteiger partial charge in [-0.1, -0.05) is 13.8 Å². The molecule has 0 bridgehead atoms. The number of carbonyl (C=O) groups is 2. The highest BCUT2D eigenvalue weighted by Crippen LogP contribution is 2.27. The molecule has 5 heteroatoms. The highest BCUT2D eigenvalue weighted by atomic mass is 16.5. The summed E-state index contributed by atoms with van der Waals surface area (Å²) in [6.45, 7) is 5.89. The molecule has 1 amide bonds. The molecule has 0 aliphatic carbocycles. The van der Waals surface area contributed by atoms with Crippen molar-refractivity contribution in [1.29, 1.82) is 0 Å². The number of ether oxygens (including phenoxy) is 2. The summed E-state index contributed by atoms with van der Waals surface area (Å²) in [4.78, 5) is 22.5. The van der Waals surface area contributed by atoms with Gasteiger partial charge in [-0.15, -0.1) is 0 Å². The number of carbonyl (C=O) groups excluding carboxylic acids is 2. The molecule has 0 aliphatic heterocycles. The molecule has 0 fully saturated rings. The van der Waals surface area contributed by atoms with Gasteiger partial charge in [0.15, 0.2) is 18.1 Å². The van der Waals surface area contributed by atoms with Gasteiger partial charge in [-0.25, -0.2) is 0 Å². The summed E-state index contributed by atoms with van der Waals surface area (Å²) in [5.41, 5.74) is 0.469. The van der Waals surface area contributed by atoms with Crippen LogP contribution in [0.25, 0.3) is 0 Å². The van der Waals surface area contributed by atoms with Gasteiger partial charge in [0.1, 0.15) is 6.29 Å². The van der Waals surface area contributed by atoms with Crippen molar-refractivity contribution in [3.63, 3.8) is 0 Å². The first-order chi connectivity index (χ1) is 9.47. The highest BCUT2D eigenvalue weighted by molar-refractivity contribution is 5.78. The molecule has 0 heterocycles. The van der Waals surface area contributed by atoms with Crippen molar-refractivity contribution >= 4 is 12.2 Å². The SMILES string of the molecule is COc1ccc(C=O)cc1OCC(=O)NC(C)C(C)C. The van der Waals surface area contributed by atoms with Crippen LogP contribution < -0.4 is 14.8 Å². The van der Waals surface area contributed by atoms with Crippen molar-refractivity contribution in [2.24, 2.45) is 5.92 Å². The van der Waals surface area contributed by atoms with Gasteiger partial charge < -0.3 is 14.8 Å². The maximum Gasteiger partial charge on any atom is 0.258 e. The predicted molar refractivity (Wildman–Crippen MR) is 76.3 cm³/mol. The molecule has 20 heavy (non-hydrogen) atoms. The van der Waals surface area contributed by atoms with E-state index in [0.717, 1.165) is 0 Å². The Balaban J connectivity index is 2.64. The molecule has 1 rings (SSSR count). The van der Waals surface area contributed by atoms with E-state index in [1.54, 1.807) is 18.2 Å². The number of methoxy groups -OCH3 is 1. The lowest BCUT2D eigenvalue weighted by molar-refractivity contribution is -0.124. The van der Waals surface area contributed by atoms with E-state index >= 15 is 0 Å². The average molecular weight is 279 g/mol. The molecule has 1 unspecified atom stereocenters. The molecule has 1 atom stereocenters. The van der Waals surface area contributed by atoms with E-state index in [-0.39, 0.29) is 18.6 Å². The predicted octanol–water partition coefficient (Wildman–Crippen LogP) is 2.05. The first-order valence-electron chi connectivity index (χ1n) is 6.53. The Morgan fingerprint density at radius 3 is 2.55 bits per heavy atom. The Bertz CT molecular complexity index is 471. The second-order valence-corrected chi connectivity index (χ2v) is 4.92. The summed E-state index contributed by atoms with van der Waals surface area (Å²) in [6.07, 6.45) is 0.715. The van der Waals surface area contributed by atoms with Crippen molar-refractivity contribution in [1.82, 2.24) is 5.32 Å². The molecule has 1 N–H and O–H groups in total. The first-order valence-corrected chi connectivity index (χ1v) is 6.53. The van der Waals surface area contributed by atoms with Gasteiger partial charge >= 0.3 is 0 Å². The van der Waals surface area contributed by atoms with Crippen molar-refractivity contribution in [3.8, 4) is 11.5 Å². The number of benzene rings is 1. The van der Waals surface area contributed by atoms with E-state index < -0.39 is 0 Å². The Kier molecular flexibility index (Phi) is 6.03. The van der Waals surface area contributed by atoms with Gasteiger partial charge in [0.2, 0.25) is 0 Å². The number of nitrogens with one attached hydrogen (secondary N) is 1. The number of hydrogen-bond donors (Lipinski definition) is 1. The summed E-state index contributed by atoms with van der Waals surface area (Å²) >= 11 is 0. The minimum absolute atomic E-state index is 0.0781. The standard InChI is InChI=1S/C15H21NO4/c1-10(2)11(3)16-15(18)9-20-14-7-12(8-17)5-6-13(14)19-4/h5-8,10-11H,9H2,1-4H3,(H,16,18). The topological polar surface area (TPSA) is 64.6 Å². The quantitative estimate of drug-likeness (QED) is 0.776. The van der Waals surface area contributed by atoms with Crippen LogP contribution in [-0.2, 0) is 4.79 Å². The van der Waals surface area contributed by atoms with Crippen LogP contribution in [0.3, 0.4) is 0 Å². The summed E-state index contributed by atoms with van der Waals surface area (Å²) in [5.74, 6) is 1.02. The summed E-state index contributed by atoms with van der Waals surface area (Å²) in [7, 11) is 1.50. The van der Waals surface area contributed by atoms with Crippen LogP contribution in [0.2, 0.25) is 0 Å². The van der Waals surface area contributed by atoms with Crippen molar-refractivity contribution in [2.45, 2.75) is 26.8 Å². The smallest absolute Gasteiger partial charge is 0.258 e. The van der Waals surface area contributed by atoms with Crippen molar-refractivity contribution in [2.75, 3.05) is 13.7 Å². The van der Waals surface area contributed by atoms with E-state index in [1.807, 2.05) is 20.8 Å². The van der Waals surface area contributed by atoms with Crippen LogP contribution in [0, 0.1) is 5.92 Å². The lowest BCUT2D eigenvalue weighted by Gasteiger charge is -2.18. The van der Waals surface area contributed by atoms with Gasteiger partial charge in [-0.2, -0.15) is 0 Å². The zero-order chi connectivity index (χ0) is 15.1. The normalized spacial score (nSPS) is 11.8. The molecule has 0 aliphatic rings. The van der Waals surface area contributed by atoms with E-state index in [2.05, 4.69) is 5.32 Å².